The lowest BCUT2D eigenvalue weighted by Gasteiger charge is -2.37. The molecule has 0 radical (unpaired) electrons. The normalized spacial score (nSPS) is 22.4. The molecule has 0 saturated carbocycles. The number of H-pyrrole nitrogens is 1. The van der Waals surface area contributed by atoms with Crippen LogP contribution in [0.5, 0.6) is 0 Å². The summed E-state index contributed by atoms with van der Waals surface area (Å²) in [6.07, 6.45) is 2.62. The second-order valence-corrected chi connectivity index (χ2v) is 5.47. The highest BCUT2D eigenvalue weighted by molar-refractivity contribution is 6.06. The average molecular weight is 287 g/mol. The summed E-state index contributed by atoms with van der Waals surface area (Å²) in [4.78, 5) is 28.6. The summed E-state index contributed by atoms with van der Waals surface area (Å²) < 4.78 is 0. The Bertz CT molecular complexity index is 709. The lowest BCUT2D eigenvalue weighted by Crippen LogP contribution is -2.57. The second-order valence-electron chi connectivity index (χ2n) is 5.47. The molecule has 0 unspecified atom stereocenters. The minimum atomic E-state index is -1.63. The molecule has 3 rings (SSSR count). The fourth-order valence-electron chi connectivity index (χ4n) is 2.85. The number of aromatic nitrogens is 1. The topological polar surface area (TPSA) is 99.4 Å². The van der Waals surface area contributed by atoms with E-state index in [2.05, 4.69) is 4.98 Å². The number of likely N-dealkylation sites (tertiary alicyclic amines) is 1. The number of amides is 2. The number of benzene rings is 1. The molecule has 1 fully saturated rings. The van der Waals surface area contributed by atoms with Gasteiger partial charge in [-0.05, 0) is 31.0 Å². The van der Waals surface area contributed by atoms with Crippen molar-refractivity contribution in [3.8, 4) is 0 Å². The Labute approximate surface area is 121 Å². The number of β-amino-alcohol motifs (C(OH)–C–C–N with tert-alkyl or cyclic N) is 1. The van der Waals surface area contributed by atoms with Crippen molar-refractivity contribution >= 4 is 22.7 Å². The molecule has 1 saturated heterocycles. The van der Waals surface area contributed by atoms with Crippen molar-refractivity contribution in [2.24, 2.45) is 5.73 Å². The van der Waals surface area contributed by atoms with Gasteiger partial charge in [-0.1, -0.05) is 6.07 Å². The first-order valence-electron chi connectivity index (χ1n) is 6.89. The van der Waals surface area contributed by atoms with Crippen LogP contribution in [0.2, 0.25) is 0 Å². The van der Waals surface area contributed by atoms with Crippen molar-refractivity contribution in [2.75, 3.05) is 13.1 Å². The molecule has 4 N–H and O–H groups in total. The zero-order chi connectivity index (χ0) is 15.0. The number of nitrogens with one attached hydrogen (secondary N) is 1. The van der Waals surface area contributed by atoms with Gasteiger partial charge in [0.2, 0.25) is 0 Å². The van der Waals surface area contributed by atoms with Gasteiger partial charge < -0.3 is 20.7 Å². The van der Waals surface area contributed by atoms with E-state index >= 15 is 0 Å². The van der Waals surface area contributed by atoms with Gasteiger partial charge in [0.1, 0.15) is 0 Å². The Morgan fingerprint density at radius 1 is 1.33 bits per heavy atom. The standard InChI is InChI=1S/C15H17N3O3/c16-14(20)15(21)6-2-8-18(9-15)13(19)11-3-1-4-12-10(11)5-7-17-12/h1,3-5,7,17,21H,2,6,8-9H2,(H2,16,20)/t15-/m0/s1. The SMILES string of the molecule is NC(=O)[C@]1(O)CCCN(C(=O)c2cccc3[nH]ccc23)C1. The maximum atomic E-state index is 12.7. The van der Waals surface area contributed by atoms with Gasteiger partial charge in [-0.3, -0.25) is 9.59 Å². The van der Waals surface area contributed by atoms with E-state index in [-0.39, 0.29) is 12.5 Å². The summed E-state index contributed by atoms with van der Waals surface area (Å²) in [5.41, 5.74) is 5.06. The highest BCUT2D eigenvalue weighted by Crippen LogP contribution is 2.25. The molecule has 0 spiro atoms. The third-order valence-corrected chi connectivity index (χ3v) is 4.04. The fraction of sp³-hybridized carbons (Fsp3) is 0.333. The van der Waals surface area contributed by atoms with Gasteiger partial charge >= 0.3 is 0 Å². The van der Waals surface area contributed by atoms with Gasteiger partial charge in [-0.2, -0.15) is 0 Å². The average Bonchev–Trinajstić information content (AvgIpc) is 2.94. The monoisotopic (exact) mass is 287 g/mol. The van der Waals surface area contributed by atoms with Crippen LogP contribution in [0.25, 0.3) is 10.9 Å². The van der Waals surface area contributed by atoms with E-state index in [4.69, 9.17) is 5.73 Å². The third-order valence-electron chi connectivity index (χ3n) is 4.04. The number of rotatable bonds is 2. The van der Waals surface area contributed by atoms with Gasteiger partial charge in [0.05, 0.1) is 6.54 Å². The minimum Gasteiger partial charge on any atom is -0.378 e. The summed E-state index contributed by atoms with van der Waals surface area (Å²) in [5, 5.41) is 11.0. The Morgan fingerprint density at radius 2 is 2.14 bits per heavy atom. The molecule has 1 aromatic heterocycles. The molecule has 2 heterocycles. The molecule has 6 nitrogen and oxygen atoms in total. The van der Waals surface area contributed by atoms with E-state index in [1.54, 1.807) is 18.3 Å². The Kier molecular flexibility index (Phi) is 3.17. The number of hydrogen-bond donors (Lipinski definition) is 3. The van der Waals surface area contributed by atoms with Gasteiger partial charge in [-0.15, -0.1) is 0 Å². The van der Waals surface area contributed by atoms with Crippen LogP contribution in [-0.4, -0.2) is 45.5 Å². The Hall–Kier alpha value is -2.34. The molecular formula is C15H17N3O3. The highest BCUT2D eigenvalue weighted by Gasteiger charge is 2.40. The molecule has 21 heavy (non-hydrogen) atoms. The van der Waals surface area contributed by atoms with Crippen molar-refractivity contribution < 1.29 is 14.7 Å². The van der Waals surface area contributed by atoms with Gasteiger partial charge in [0.15, 0.2) is 5.60 Å². The summed E-state index contributed by atoms with van der Waals surface area (Å²) in [5.74, 6) is -0.973. The molecule has 110 valence electrons. The number of aromatic amines is 1. The van der Waals surface area contributed by atoms with Crippen LogP contribution in [-0.2, 0) is 4.79 Å². The molecule has 1 aliphatic heterocycles. The van der Waals surface area contributed by atoms with E-state index < -0.39 is 11.5 Å². The number of hydrogen-bond acceptors (Lipinski definition) is 3. The lowest BCUT2D eigenvalue weighted by molar-refractivity contribution is -0.140. The van der Waals surface area contributed by atoms with Crippen molar-refractivity contribution in [2.45, 2.75) is 18.4 Å². The molecule has 0 aliphatic carbocycles. The highest BCUT2D eigenvalue weighted by atomic mass is 16.3. The smallest absolute Gasteiger partial charge is 0.254 e. The first-order chi connectivity index (χ1) is 10.0. The molecular weight excluding hydrogens is 270 g/mol. The van der Waals surface area contributed by atoms with Gasteiger partial charge in [-0.25, -0.2) is 0 Å². The van der Waals surface area contributed by atoms with E-state index in [1.807, 2.05) is 12.1 Å². The van der Waals surface area contributed by atoms with Gasteiger partial charge in [0.25, 0.3) is 11.8 Å². The number of carbonyl (C=O) groups is 2. The molecule has 0 bridgehead atoms. The van der Waals surface area contributed by atoms with Crippen LogP contribution in [0.3, 0.4) is 0 Å². The lowest BCUT2D eigenvalue weighted by atomic mass is 9.91. The van der Waals surface area contributed by atoms with Crippen molar-refractivity contribution in [3.05, 3.63) is 36.0 Å². The first-order valence-corrected chi connectivity index (χ1v) is 6.89. The number of fused-ring (bicyclic) bond motifs is 1. The first kappa shape index (κ1) is 13.6. The largest absolute Gasteiger partial charge is 0.378 e. The summed E-state index contributed by atoms with van der Waals surface area (Å²) >= 11 is 0. The van der Waals surface area contributed by atoms with Gasteiger partial charge in [0, 0.05) is 29.2 Å². The Balaban J connectivity index is 1.92. The number of carbonyl (C=O) groups excluding carboxylic acids is 2. The van der Waals surface area contributed by atoms with E-state index in [0.717, 1.165) is 10.9 Å². The quantitative estimate of drug-likeness (QED) is 0.755. The van der Waals surface area contributed by atoms with Crippen LogP contribution in [0.1, 0.15) is 23.2 Å². The van der Waals surface area contributed by atoms with Crippen LogP contribution < -0.4 is 5.73 Å². The molecule has 6 heteroatoms. The molecule has 1 aliphatic rings. The summed E-state index contributed by atoms with van der Waals surface area (Å²) in [7, 11) is 0. The van der Waals surface area contributed by atoms with E-state index in [0.29, 0.717) is 24.9 Å². The van der Waals surface area contributed by atoms with E-state index in [9.17, 15) is 14.7 Å². The Morgan fingerprint density at radius 3 is 2.90 bits per heavy atom. The number of aliphatic hydroxyl groups is 1. The number of piperidine rings is 1. The maximum absolute atomic E-state index is 12.7. The second kappa shape index (κ2) is 4.89. The maximum Gasteiger partial charge on any atom is 0.254 e. The number of primary amides is 1. The number of nitrogens with two attached hydrogens (primary N) is 1. The zero-order valence-electron chi connectivity index (χ0n) is 11.5. The van der Waals surface area contributed by atoms with Crippen LogP contribution in [0.15, 0.2) is 30.5 Å². The van der Waals surface area contributed by atoms with Crippen molar-refractivity contribution in [1.82, 2.24) is 9.88 Å². The molecule has 2 aromatic rings. The predicted molar refractivity (Wildman–Crippen MR) is 77.6 cm³/mol. The molecule has 1 atom stereocenters. The predicted octanol–water partition coefficient (Wildman–Crippen LogP) is 0.620. The van der Waals surface area contributed by atoms with Crippen molar-refractivity contribution in [1.29, 1.82) is 0 Å². The van der Waals surface area contributed by atoms with Crippen LogP contribution in [0, 0.1) is 0 Å². The molecule has 2 amide bonds. The fourth-order valence-corrected chi connectivity index (χ4v) is 2.85. The summed E-state index contributed by atoms with van der Waals surface area (Å²) in [6, 6.07) is 7.28. The van der Waals surface area contributed by atoms with Crippen molar-refractivity contribution in [3.63, 3.8) is 0 Å². The van der Waals surface area contributed by atoms with Crippen LogP contribution >= 0.6 is 0 Å². The van der Waals surface area contributed by atoms with Crippen LogP contribution in [0.4, 0.5) is 0 Å². The number of nitrogens with zero attached hydrogens (tertiary/aromatic N) is 1. The summed E-state index contributed by atoms with van der Waals surface area (Å²) in [6.45, 7) is 0.456. The zero-order valence-corrected chi connectivity index (χ0v) is 11.5. The third kappa shape index (κ3) is 2.27. The minimum absolute atomic E-state index is 0.0536. The molecule has 1 aromatic carbocycles. The van der Waals surface area contributed by atoms with E-state index in [1.165, 1.54) is 4.90 Å².